The minimum absolute atomic E-state index is 0.107. The fourth-order valence-corrected chi connectivity index (χ4v) is 3.05. The quantitative estimate of drug-likeness (QED) is 0.588. The van der Waals surface area contributed by atoms with E-state index in [1.165, 1.54) is 6.08 Å². The summed E-state index contributed by atoms with van der Waals surface area (Å²) in [4.78, 5) is 11.7. The summed E-state index contributed by atoms with van der Waals surface area (Å²) >= 11 is 5.99. The number of alkyl halides is 2. The van der Waals surface area contributed by atoms with Gasteiger partial charge in [0.2, 0.25) is 0 Å². The zero-order valence-corrected chi connectivity index (χ0v) is 14.4. The highest BCUT2D eigenvalue weighted by Crippen LogP contribution is 2.26. The topological polar surface area (TPSA) is 62.7 Å². The van der Waals surface area contributed by atoms with Crippen LogP contribution in [0.5, 0.6) is 0 Å². The molecule has 1 heterocycles. The van der Waals surface area contributed by atoms with Gasteiger partial charge in [-0.1, -0.05) is 30.3 Å². The monoisotopic (exact) mass is 379 g/mol. The second-order valence-electron chi connectivity index (χ2n) is 5.76. The van der Waals surface area contributed by atoms with Gasteiger partial charge in [-0.3, -0.25) is 10.2 Å². The molecule has 0 radical (unpaired) electrons. The van der Waals surface area contributed by atoms with Crippen molar-refractivity contribution in [3.05, 3.63) is 69.9 Å². The molecule has 1 aromatic rings. The Balaban J connectivity index is 1.68. The number of halogens is 3. The average molecular weight is 380 g/mol. The van der Waals surface area contributed by atoms with Crippen LogP contribution in [0, 0.1) is 0 Å². The lowest BCUT2D eigenvalue weighted by atomic mass is 10.0. The molecule has 3 rings (SSSR count). The van der Waals surface area contributed by atoms with Gasteiger partial charge >= 0.3 is 6.61 Å². The number of fused-ring (bicyclic) bond motifs is 1. The molecule has 5 nitrogen and oxygen atoms in total. The SMILES string of the molecule is C=C(N/N=C/c1cccc2c1CNC2=O)C1=CC(OC(F)F)CC(Cl)=C1. The number of hydrogen-bond acceptors (Lipinski definition) is 4. The van der Waals surface area contributed by atoms with Crippen LogP contribution in [-0.4, -0.2) is 24.8 Å². The van der Waals surface area contributed by atoms with Crippen molar-refractivity contribution in [2.75, 3.05) is 0 Å². The summed E-state index contributed by atoms with van der Waals surface area (Å²) in [5.41, 5.74) is 5.97. The van der Waals surface area contributed by atoms with Gasteiger partial charge in [-0.05, 0) is 29.4 Å². The number of allylic oxidation sites excluding steroid dienone is 1. The summed E-state index contributed by atoms with van der Waals surface area (Å²) in [5.74, 6) is -0.107. The van der Waals surface area contributed by atoms with Gasteiger partial charge in [-0.2, -0.15) is 13.9 Å². The van der Waals surface area contributed by atoms with Crippen LogP contribution in [-0.2, 0) is 11.3 Å². The summed E-state index contributed by atoms with van der Waals surface area (Å²) in [6.45, 7) is 1.41. The lowest BCUT2D eigenvalue weighted by molar-refractivity contribution is -0.149. The van der Waals surface area contributed by atoms with E-state index in [4.69, 9.17) is 11.6 Å². The molecule has 1 atom stereocenters. The third kappa shape index (κ3) is 4.17. The number of ether oxygens (including phenoxy) is 1. The summed E-state index contributed by atoms with van der Waals surface area (Å²) < 4.78 is 29.3. The molecular formula is C18H16ClF2N3O2. The number of carbonyl (C=O) groups excluding carboxylic acids is 1. The van der Waals surface area contributed by atoms with Crippen molar-refractivity contribution in [2.45, 2.75) is 25.7 Å². The second kappa shape index (κ2) is 7.80. The van der Waals surface area contributed by atoms with Gasteiger partial charge in [0.1, 0.15) is 0 Å². The first kappa shape index (κ1) is 18.3. The maximum Gasteiger partial charge on any atom is 0.345 e. The maximum absolute atomic E-state index is 12.4. The number of carbonyl (C=O) groups is 1. The number of rotatable bonds is 6. The summed E-state index contributed by atoms with van der Waals surface area (Å²) in [7, 11) is 0. The van der Waals surface area contributed by atoms with Crippen molar-refractivity contribution in [3.8, 4) is 0 Å². The van der Waals surface area contributed by atoms with E-state index in [-0.39, 0.29) is 12.3 Å². The lowest BCUT2D eigenvalue weighted by Crippen LogP contribution is -2.19. The van der Waals surface area contributed by atoms with Gasteiger partial charge in [0, 0.05) is 29.1 Å². The first-order chi connectivity index (χ1) is 12.4. The molecule has 0 bridgehead atoms. The average Bonchev–Trinajstić information content (AvgIpc) is 2.96. The van der Waals surface area contributed by atoms with Gasteiger partial charge in [-0.15, -0.1) is 0 Å². The molecule has 1 unspecified atom stereocenters. The molecule has 136 valence electrons. The predicted molar refractivity (Wildman–Crippen MR) is 95.0 cm³/mol. The van der Waals surface area contributed by atoms with Crippen molar-refractivity contribution in [1.29, 1.82) is 0 Å². The largest absolute Gasteiger partial charge is 0.348 e. The molecule has 0 spiro atoms. The second-order valence-corrected chi connectivity index (χ2v) is 6.24. The number of benzene rings is 1. The number of nitrogens with one attached hydrogen (secondary N) is 2. The number of hydrogen-bond donors (Lipinski definition) is 2. The van der Waals surface area contributed by atoms with E-state index in [1.807, 2.05) is 6.07 Å². The molecule has 0 saturated carbocycles. The van der Waals surface area contributed by atoms with E-state index >= 15 is 0 Å². The van der Waals surface area contributed by atoms with Gasteiger partial charge in [0.05, 0.1) is 18.0 Å². The van der Waals surface area contributed by atoms with E-state index in [0.717, 1.165) is 11.1 Å². The highest BCUT2D eigenvalue weighted by Gasteiger charge is 2.21. The Labute approximate surface area is 154 Å². The molecule has 1 aliphatic carbocycles. The molecule has 1 aliphatic heterocycles. The van der Waals surface area contributed by atoms with Crippen LogP contribution >= 0.6 is 11.6 Å². The molecule has 8 heteroatoms. The fourth-order valence-electron chi connectivity index (χ4n) is 2.78. The fraction of sp³-hybridized carbons (Fsp3) is 0.222. The maximum atomic E-state index is 12.4. The predicted octanol–water partition coefficient (Wildman–Crippen LogP) is 3.43. The lowest BCUT2D eigenvalue weighted by Gasteiger charge is -2.20. The molecule has 26 heavy (non-hydrogen) atoms. The van der Waals surface area contributed by atoms with Crippen molar-refractivity contribution in [2.24, 2.45) is 5.10 Å². The van der Waals surface area contributed by atoms with E-state index in [0.29, 0.717) is 28.4 Å². The first-order valence-corrected chi connectivity index (χ1v) is 8.22. The molecule has 1 aromatic carbocycles. The van der Waals surface area contributed by atoms with E-state index in [2.05, 4.69) is 27.2 Å². The first-order valence-electron chi connectivity index (χ1n) is 7.84. The zero-order valence-electron chi connectivity index (χ0n) is 13.6. The van der Waals surface area contributed by atoms with Crippen LogP contribution in [0.4, 0.5) is 8.78 Å². The summed E-state index contributed by atoms with van der Waals surface area (Å²) in [6, 6.07) is 5.37. The Bertz CT molecular complexity index is 834. The minimum atomic E-state index is -2.88. The van der Waals surface area contributed by atoms with Crippen LogP contribution < -0.4 is 10.7 Å². The number of amides is 1. The Morgan fingerprint density at radius 2 is 2.31 bits per heavy atom. The Morgan fingerprint density at radius 3 is 3.08 bits per heavy atom. The molecular weight excluding hydrogens is 364 g/mol. The van der Waals surface area contributed by atoms with Gasteiger partial charge < -0.3 is 10.1 Å². The van der Waals surface area contributed by atoms with Crippen molar-refractivity contribution >= 4 is 23.7 Å². The molecule has 2 N–H and O–H groups in total. The summed E-state index contributed by atoms with van der Waals surface area (Å²) in [6.07, 6.45) is 4.08. The van der Waals surface area contributed by atoms with Crippen molar-refractivity contribution in [1.82, 2.24) is 10.7 Å². The zero-order chi connectivity index (χ0) is 18.7. The van der Waals surface area contributed by atoms with Crippen LogP contribution in [0.1, 0.15) is 27.9 Å². The minimum Gasteiger partial charge on any atom is -0.348 e. The van der Waals surface area contributed by atoms with Crippen molar-refractivity contribution in [3.63, 3.8) is 0 Å². The van der Waals surface area contributed by atoms with Crippen LogP contribution in [0.3, 0.4) is 0 Å². The summed E-state index contributed by atoms with van der Waals surface area (Å²) in [5, 5.41) is 7.26. The van der Waals surface area contributed by atoms with E-state index in [1.54, 1.807) is 24.4 Å². The van der Waals surface area contributed by atoms with Gasteiger partial charge in [-0.25, -0.2) is 0 Å². The molecule has 0 saturated heterocycles. The van der Waals surface area contributed by atoms with Crippen LogP contribution in [0.25, 0.3) is 0 Å². The molecule has 0 fully saturated rings. The van der Waals surface area contributed by atoms with Crippen LogP contribution in [0.15, 0.2) is 58.3 Å². The van der Waals surface area contributed by atoms with Crippen LogP contribution in [0.2, 0.25) is 0 Å². The number of nitrogens with zero attached hydrogens (tertiary/aromatic N) is 1. The smallest absolute Gasteiger partial charge is 0.345 e. The third-order valence-corrected chi connectivity index (χ3v) is 4.25. The number of hydrazone groups is 1. The Kier molecular flexibility index (Phi) is 5.49. The van der Waals surface area contributed by atoms with Gasteiger partial charge in [0.25, 0.3) is 5.91 Å². The third-order valence-electron chi connectivity index (χ3n) is 3.99. The highest BCUT2D eigenvalue weighted by molar-refractivity contribution is 6.30. The Hall–Kier alpha value is -2.51. The normalized spacial score (nSPS) is 19.2. The van der Waals surface area contributed by atoms with Gasteiger partial charge in [0.15, 0.2) is 0 Å². The molecule has 2 aliphatic rings. The Morgan fingerprint density at radius 1 is 1.50 bits per heavy atom. The van der Waals surface area contributed by atoms with Crippen molar-refractivity contribution < 1.29 is 18.3 Å². The van der Waals surface area contributed by atoms with E-state index < -0.39 is 12.7 Å². The molecule has 0 aromatic heterocycles. The highest BCUT2D eigenvalue weighted by atomic mass is 35.5. The van der Waals surface area contributed by atoms with E-state index in [9.17, 15) is 13.6 Å². The molecule has 1 amide bonds. The standard InChI is InChI=1S/C18H16ClF2N3O2/c1-10(12-5-13(19)7-14(6-12)26-18(20)21)24-23-8-11-3-2-4-15-16(11)9-22-17(15)25/h2-6,8,14,18,24H,1,7,9H2,(H,22,25)/b23-8+.